The van der Waals surface area contributed by atoms with Gasteiger partial charge in [-0.25, -0.2) is 0 Å². The summed E-state index contributed by atoms with van der Waals surface area (Å²) in [4.78, 5) is 15.9. The lowest BCUT2D eigenvalue weighted by molar-refractivity contribution is 0.104. The summed E-state index contributed by atoms with van der Waals surface area (Å²) in [6.07, 6.45) is 5.00. The van der Waals surface area contributed by atoms with Gasteiger partial charge in [0.1, 0.15) is 0 Å². The van der Waals surface area contributed by atoms with Crippen LogP contribution in [-0.4, -0.2) is 10.8 Å². The Hall–Kier alpha value is -2.42. The molecule has 0 aliphatic heterocycles. The predicted molar refractivity (Wildman–Crippen MR) is 72.4 cm³/mol. The number of anilines is 1. The van der Waals surface area contributed by atoms with Gasteiger partial charge in [0.25, 0.3) is 0 Å². The van der Waals surface area contributed by atoms with Gasteiger partial charge in [0.2, 0.25) is 0 Å². The molecule has 0 spiro atoms. The fourth-order valence-electron chi connectivity index (χ4n) is 1.58. The van der Waals surface area contributed by atoms with Crippen LogP contribution in [0, 0.1) is 0 Å². The molecule has 0 radical (unpaired) electrons. The first-order valence-corrected chi connectivity index (χ1v) is 5.70. The van der Waals surface area contributed by atoms with Crippen LogP contribution in [0.3, 0.4) is 0 Å². The van der Waals surface area contributed by atoms with Crippen LogP contribution in [0.4, 0.5) is 5.69 Å². The van der Waals surface area contributed by atoms with E-state index in [0.717, 1.165) is 11.4 Å². The molecule has 0 aliphatic rings. The average Bonchev–Trinajstić information content (AvgIpc) is 2.40. The Kier molecular flexibility index (Phi) is 3.86. The van der Waals surface area contributed by atoms with Gasteiger partial charge < -0.3 is 5.32 Å². The van der Waals surface area contributed by atoms with E-state index in [1.807, 2.05) is 37.3 Å². The summed E-state index contributed by atoms with van der Waals surface area (Å²) in [6.45, 7) is 1.86. The van der Waals surface area contributed by atoms with Crippen LogP contribution in [0.2, 0.25) is 0 Å². The van der Waals surface area contributed by atoms with Gasteiger partial charge in [-0.15, -0.1) is 0 Å². The largest absolute Gasteiger partial charge is 0.359 e. The van der Waals surface area contributed by atoms with Crippen LogP contribution in [0.15, 0.2) is 66.6 Å². The van der Waals surface area contributed by atoms with E-state index in [9.17, 15) is 4.79 Å². The van der Waals surface area contributed by atoms with Crippen molar-refractivity contribution in [1.29, 1.82) is 0 Å². The number of benzene rings is 1. The summed E-state index contributed by atoms with van der Waals surface area (Å²) in [7, 11) is 0. The molecular weight excluding hydrogens is 224 g/mol. The number of allylic oxidation sites excluding steroid dienone is 2. The van der Waals surface area contributed by atoms with Crippen LogP contribution < -0.4 is 5.32 Å². The fraction of sp³-hybridized carbons (Fsp3) is 0.0667. The summed E-state index contributed by atoms with van der Waals surface area (Å²) in [5.74, 6) is -0.00495. The van der Waals surface area contributed by atoms with Crippen molar-refractivity contribution in [2.45, 2.75) is 6.92 Å². The second kappa shape index (κ2) is 5.77. The van der Waals surface area contributed by atoms with Gasteiger partial charge in [-0.05, 0) is 19.1 Å². The first kappa shape index (κ1) is 12.0. The molecule has 2 rings (SSSR count). The summed E-state index contributed by atoms with van der Waals surface area (Å²) in [5, 5.41) is 3.14. The second-order valence-electron chi connectivity index (χ2n) is 3.92. The molecule has 1 heterocycles. The maximum atomic E-state index is 11.9. The minimum Gasteiger partial charge on any atom is -0.359 e. The van der Waals surface area contributed by atoms with Gasteiger partial charge in [-0.1, -0.05) is 30.3 Å². The third kappa shape index (κ3) is 3.28. The molecular formula is C15H14N2O. The molecule has 0 saturated heterocycles. The molecule has 90 valence electrons. The summed E-state index contributed by atoms with van der Waals surface area (Å²) in [6, 6.07) is 12.9. The van der Waals surface area contributed by atoms with Gasteiger partial charge in [-0.3, -0.25) is 9.78 Å². The zero-order valence-corrected chi connectivity index (χ0v) is 10.1. The molecule has 18 heavy (non-hydrogen) atoms. The van der Waals surface area contributed by atoms with E-state index in [-0.39, 0.29) is 5.78 Å². The third-order valence-electron chi connectivity index (χ3n) is 2.43. The van der Waals surface area contributed by atoms with E-state index in [1.54, 1.807) is 30.6 Å². The van der Waals surface area contributed by atoms with Crippen LogP contribution in [0.1, 0.15) is 17.3 Å². The Morgan fingerprint density at radius 1 is 1.11 bits per heavy atom. The van der Waals surface area contributed by atoms with E-state index in [1.165, 1.54) is 0 Å². The molecule has 0 fully saturated rings. The predicted octanol–water partition coefficient (Wildman–Crippen LogP) is 3.28. The molecule has 3 nitrogen and oxygen atoms in total. The minimum atomic E-state index is -0.00495. The van der Waals surface area contributed by atoms with Crippen molar-refractivity contribution in [3.05, 3.63) is 72.2 Å². The number of ketones is 1. The summed E-state index contributed by atoms with van der Waals surface area (Å²) < 4.78 is 0. The molecule has 0 bridgehead atoms. The molecule has 0 saturated carbocycles. The van der Waals surface area contributed by atoms with Gasteiger partial charge in [-0.2, -0.15) is 0 Å². The van der Waals surface area contributed by atoms with Gasteiger partial charge >= 0.3 is 0 Å². The highest BCUT2D eigenvalue weighted by molar-refractivity contribution is 6.05. The van der Waals surface area contributed by atoms with Gasteiger partial charge in [0, 0.05) is 35.4 Å². The van der Waals surface area contributed by atoms with Crippen LogP contribution in [0.25, 0.3) is 0 Å². The normalized spacial score (nSPS) is 11.1. The minimum absolute atomic E-state index is 0.00495. The Balaban J connectivity index is 2.07. The maximum Gasteiger partial charge on any atom is 0.187 e. The molecule has 0 unspecified atom stereocenters. The van der Waals surface area contributed by atoms with E-state index in [2.05, 4.69) is 10.3 Å². The number of carbonyl (C=O) groups is 1. The Labute approximate surface area is 106 Å². The number of hydrogen-bond acceptors (Lipinski definition) is 3. The lowest BCUT2D eigenvalue weighted by Gasteiger charge is -2.05. The average molecular weight is 238 g/mol. The van der Waals surface area contributed by atoms with E-state index >= 15 is 0 Å². The van der Waals surface area contributed by atoms with E-state index < -0.39 is 0 Å². The Morgan fingerprint density at radius 3 is 2.44 bits per heavy atom. The van der Waals surface area contributed by atoms with Crippen molar-refractivity contribution in [3.63, 3.8) is 0 Å². The SMILES string of the molecule is CC(=CC(=O)c1ccccc1)Nc1ccncc1. The smallest absolute Gasteiger partial charge is 0.187 e. The number of pyridine rings is 1. The number of hydrogen-bond donors (Lipinski definition) is 1. The molecule has 1 aromatic carbocycles. The molecule has 0 atom stereocenters. The third-order valence-corrected chi connectivity index (χ3v) is 2.43. The van der Waals surface area contributed by atoms with Crippen LogP contribution in [0.5, 0.6) is 0 Å². The standard InChI is InChI=1S/C15H14N2O/c1-12(17-14-7-9-16-10-8-14)11-15(18)13-5-3-2-4-6-13/h2-11H,1H3,(H,16,17). The second-order valence-corrected chi connectivity index (χ2v) is 3.92. The molecule has 0 amide bonds. The van der Waals surface area contributed by atoms with Crippen molar-refractivity contribution in [3.8, 4) is 0 Å². The van der Waals surface area contributed by atoms with Crippen molar-refractivity contribution >= 4 is 11.5 Å². The topological polar surface area (TPSA) is 42.0 Å². The highest BCUT2D eigenvalue weighted by atomic mass is 16.1. The summed E-state index contributed by atoms with van der Waals surface area (Å²) in [5.41, 5.74) is 2.41. The fourth-order valence-corrected chi connectivity index (χ4v) is 1.58. The van der Waals surface area contributed by atoms with Crippen molar-refractivity contribution < 1.29 is 4.79 Å². The molecule has 3 heteroatoms. The van der Waals surface area contributed by atoms with E-state index in [0.29, 0.717) is 5.56 Å². The molecule has 0 aliphatic carbocycles. The monoisotopic (exact) mass is 238 g/mol. The van der Waals surface area contributed by atoms with Crippen molar-refractivity contribution in [1.82, 2.24) is 4.98 Å². The summed E-state index contributed by atoms with van der Waals surface area (Å²) >= 11 is 0. The first-order chi connectivity index (χ1) is 8.75. The zero-order chi connectivity index (χ0) is 12.8. The van der Waals surface area contributed by atoms with Crippen molar-refractivity contribution in [2.75, 3.05) is 5.32 Å². The number of nitrogens with one attached hydrogen (secondary N) is 1. The lowest BCUT2D eigenvalue weighted by atomic mass is 10.1. The van der Waals surface area contributed by atoms with E-state index in [4.69, 9.17) is 0 Å². The van der Waals surface area contributed by atoms with Gasteiger partial charge in [0.05, 0.1) is 0 Å². The zero-order valence-electron chi connectivity index (χ0n) is 10.1. The maximum absolute atomic E-state index is 11.9. The highest BCUT2D eigenvalue weighted by Gasteiger charge is 2.01. The van der Waals surface area contributed by atoms with Crippen LogP contribution in [-0.2, 0) is 0 Å². The number of aromatic nitrogens is 1. The number of carbonyl (C=O) groups excluding carboxylic acids is 1. The van der Waals surface area contributed by atoms with Crippen molar-refractivity contribution in [2.24, 2.45) is 0 Å². The first-order valence-electron chi connectivity index (χ1n) is 5.70. The Bertz CT molecular complexity index is 547. The molecule has 1 aromatic heterocycles. The quantitative estimate of drug-likeness (QED) is 0.656. The van der Waals surface area contributed by atoms with Gasteiger partial charge in [0.15, 0.2) is 5.78 Å². The van der Waals surface area contributed by atoms with Crippen LogP contribution >= 0.6 is 0 Å². The number of nitrogens with zero attached hydrogens (tertiary/aromatic N) is 1. The molecule has 2 aromatic rings. The Morgan fingerprint density at radius 2 is 1.78 bits per heavy atom. The molecule has 1 N–H and O–H groups in total. The number of rotatable bonds is 4. The lowest BCUT2D eigenvalue weighted by Crippen LogP contribution is -2.01. The highest BCUT2D eigenvalue weighted by Crippen LogP contribution is 2.09.